The molecule has 0 aliphatic heterocycles. The van der Waals surface area contributed by atoms with Crippen molar-refractivity contribution < 1.29 is 22.9 Å². The predicted octanol–water partition coefficient (Wildman–Crippen LogP) is 9.06. The molecule has 0 bridgehead atoms. The van der Waals surface area contributed by atoms with Crippen molar-refractivity contribution in [2.45, 2.75) is 122 Å². The maximum atomic E-state index is 12.4. The molecule has 0 aliphatic carbocycles. The summed E-state index contributed by atoms with van der Waals surface area (Å²) in [5, 5.41) is 13.0. The van der Waals surface area contributed by atoms with Gasteiger partial charge in [-0.05, 0) is 83.5 Å². The highest BCUT2D eigenvalue weighted by Gasteiger charge is 2.24. The van der Waals surface area contributed by atoms with E-state index in [1.165, 1.54) is 6.08 Å². The summed E-state index contributed by atoms with van der Waals surface area (Å²) in [6, 6.07) is -1.10. The summed E-state index contributed by atoms with van der Waals surface area (Å²) in [6.07, 6.45) is 45.4. The molecule has 0 aromatic heterocycles. The van der Waals surface area contributed by atoms with Crippen LogP contribution in [0.3, 0.4) is 0 Å². The Labute approximate surface area is 268 Å². The van der Waals surface area contributed by atoms with Crippen LogP contribution in [0.25, 0.3) is 0 Å². The molecule has 0 aromatic rings. The maximum absolute atomic E-state index is 12.4. The van der Waals surface area contributed by atoms with E-state index < -0.39 is 28.0 Å². The molecule has 44 heavy (non-hydrogen) atoms. The van der Waals surface area contributed by atoms with E-state index >= 15 is 0 Å². The molecular formula is C37H59NO5S. The Balaban J connectivity index is 4.17. The summed E-state index contributed by atoms with van der Waals surface area (Å²) in [5.74, 6) is -1.07. The fraction of sp³-hybridized carbons (Fsp3) is 0.541. The Morgan fingerprint density at radius 2 is 1.05 bits per heavy atom. The van der Waals surface area contributed by atoms with Gasteiger partial charge in [-0.25, -0.2) is 0 Å². The smallest absolute Gasteiger partial charge is 0.267 e. The Bertz CT molecular complexity index is 1050. The van der Waals surface area contributed by atoms with Crippen molar-refractivity contribution >= 4 is 16.0 Å². The van der Waals surface area contributed by atoms with Crippen molar-refractivity contribution in [2.24, 2.45) is 0 Å². The van der Waals surface area contributed by atoms with Crippen LogP contribution in [-0.4, -0.2) is 41.9 Å². The molecule has 2 unspecified atom stereocenters. The van der Waals surface area contributed by atoms with Crippen LogP contribution in [0.5, 0.6) is 0 Å². The fourth-order valence-electron chi connectivity index (χ4n) is 4.10. The Morgan fingerprint density at radius 3 is 1.57 bits per heavy atom. The SMILES string of the molecule is CC/C=C\C/C=C\C/C=C\C/C=C\C/C=C\CCCCCC(=O)NC(CS(=O)(=O)O)C(O)/C=C/CC/C=C/CC/C=C/CC. The molecule has 1 amide bonds. The van der Waals surface area contributed by atoms with Crippen LogP contribution in [-0.2, 0) is 14.9 Å². The van der Waals surface area contributed by atoms with Gasteiger partial charge in [0.15, 0.2) is 0 Å². The van der Waals surface area contributed by atoms with Crippen LogP contribution in [0, 0.1) is 0 Å². The van der Waals surface area contributed by atoms with Gasteiger partial charge in [-0.2, -0.15) is 8.42 Å². The molecule has 0 fully saturated rings. The number of hydrogen-bond acceptors (Lipinski definition) is 4. The lowest BCUT2D eigenvalue weighted by Gasteiger charge is -2.21. The summed E-state index contributed by atoms with van der Waals surface area (Å²) in [7, 11) is -4.37. The second kappa shape index (κ2) is 30.3. The quantitative estimate of drug-likeness (QED) is 0.0478. The van der Waals surface area contributed by atoms with Gasteiger partial charge in [0.25, 0.3) is 10.1 Å². The first-order chi connectivity index (χ1) is 21.3. The molecule has 0 aromatic carbocycles. The molecule has 248 valence electrons. The number of unbranched alkanes of at least 4 members (excludes halogenated alkanes) is 5. The van der Waals surface area contributed by atoms with Gasteiger partial charge in [-0.1, -0.05) is 117 Å². The maximum Gasteiger partial charge on any atom is 0.267 e. The van der Waals surface area contributed by atoms with Gasteiger partial charge in [0.05, 0.1) is 17.9 Å². The van der Waals surface area contributed by atoms with E-state index in [0.29, 0.717) is 12.8 Å². The Morgan fingerprint density at radius 1 is 0.614 bits per heavy atom. The highest BCUT2D eigenvalue weighted by molar-refractivity contribution is 7.85. The van der Waals surface area contributed by atoms with E-state index in [9.17, 15) is 22.9 Å². The van der Waals surface area contributed by atoms with Crippen LogP contribution >= 0.6 is 0 Å². The van der Waals surface area contributed by atoms with Gasteiger partial charge >= 0.3 is 0 Å². The average Bonchev–Trinajstić information content (AvgIpc) is 2.98. The van der Waals surface area contributed by atoms with Gasteiger partial charge in [0.1, 0.15) is 0 Å². The van der Waals surface area contributed by atoms with Gasteiger partial charge < -0.3 is 10.4 Å². The van der Waals surface area contributed by atoms with Crippen molar-refractivity contribution in [3.05, 3.63) is 97.2 Å². The zero-order chi connectivity index (χ0) is 32.6. The van der Waals surface area contributed by atoms with Gasteiger partial charge in [0.2, 0.25) is 5.91 Å². The highest BCUT2D eigenvalue weighted by Crippen LogP contribution is 2.07. The molecule has 7 heteroatoms. The van der Waals surface area contributed by atoms with Gasteiger partial charge in [-0.3, -0.25) is 9.35 Å². The zero-order valence-corrected chi connectivity index (χ0v) is 28.0. The van der Waals surface area contributed by atoms with E-state index in [1.54, 1.807) is 6.08 Å². The van der Waals surface area contributed by atoms with E-state index in [0.717, 1.165) is 77.0 Å². The van der Waals surface area contributed by atoms with Crippen LogP contribution in [0.2, 0.25) is 0 Å². The number of carbonyl (C=O) groups is 1. The van der Waals surface area contributed by atoms with Crippen molar-refractivity contribution in [1.82, 2.24) is 5.32 Å². The van der Waals surface area contributed by atoms with Gasteiger partial charge in [0, 0.05) is 6.42 Å². The summed E-state index contributed by atoms with van der Waals surface area (Å²) in [4.78, 5) is 12.4. The van der Waals surface area contributed by atoms with Crippen LogP contribution in [0.4, 0.5) is 0 Å². The van der Waals surface area contributed by atoms with E-state index in [1.807, 2.05) is 0 Å². The van der Waals surface area contributed by atoms with Crippen molar-refractivity contribution in [3.8, 4) is 0 Å². The van der Waals surface area contributed by atoms with Crippen LogP contribution in [0.1, 0.15) is 110 Å². The van der Waals surface area contributed by atoms with Crippen LogP contribution < -0.4 is 5.32 Å². The van der Waals surface area contributed by atoms with Gasteiger partial charge in [-0.15, -0.1) is 0 Å². The summed E-state index contributed by atoms with van der Waals surface area (Å²) in [5.41, 5.74) is 0. The number of aliphatic hydroxyl groups excluding tert-OH is 1. The lowest BCUT2D eigenvalue weighted by molar-refractivity contribution is -0.122. The zero-order valence-electron chi connectivity index (χ0n) is 27.2. The van der Waals surface area contributed by atoms with Crippen molar-refractivity contribution in [2.75, 3.05) is 5.75 Å². The molecule has 6 nitrogen and oxygen atoms in total. The first-order valence-corrected chi connectivity index (χ1v) is 18.0. The lowest BCUT2D eigenvalue weighted by Crippen LogP contribution is -2.46. The summed E-state index contributed by atoms with van der Waals surface area (Å²) < 4.78 is 32.2. The number of aliphatic hydroxyl groups is 1. The molecular weight excluding hydrogens is 570 g/mol. The number of rotatable bonds is 27. The largest absolute Gasteiger partial charge is 0.387 e. The third-order valence-corrected chi connectivity index (χ3v) is 7.26. The monoisotopic (exact) mass is 629 g/mol. The number of carbonyl (C=O) groups excluding carboxylic acids is 1. The Hall–Kier alpha value is -2.74. The molecule has 0 heterocycles. The standard InChI is InChI=1S/C37H59NO5S/c1-3-5-7-9-11-13-15-16-17-18-19-20-21-22-23-25-27-29-31-33-37(40)38-35(34-44(41,42)43)36(39)32-30-28-26-24-14-12-10-8-6-4-2/h5-8,11,13-14,16-17,19-20,22-24,30,32,35-36,39H,3-4,9-10,12,15,18,21,25-29,31,33-34H2,1-2H3,(H,38,40)(H,41,42,43)/b7-5-,8-6+,13-11-,17-16-,20-19-,23-22-,24-14+,32-30+. The van der Waals surface area contributed by atoms with Crippen LogP contribution in [0.15, 0.2) is 97.2 Å². The first kappa shape index (κ1) is 41.3. The topological polar surface area (TPSA) is 104 Å². The molecule has 2 atom stereocenters. The lowest BCUT2D eigenvalue weighted by atomic mass is 10.1. The second-order valence-electron chi connectivity index (χ2n) is 10.7. The average molecular weight is 630 g/mol. The van der Waals surface area contributed by atoms with Crippen molar-refractivity contribution in [1.29, 1.82) is 0 Å². The number of allylic oxidation sites excluding steroid dienone is 15. The minimum atomic E-state index is -4.37. The first-order valence-electron chi connectivity index (χ1n) is 16.4. The molecule has 0 radical (unpaired) electrons. The third-order valence-electron chi connectivity index (χ3n) is 6.48. The fourth-order valence-corrected chi connectivity index (χ4v) is 4.83. The van der Waals surface area contributed by atoms with E-state index in [4.69, 9.17) is 0 Å². The number of hydrogen-bond donors (Lipinski definition) is 3. The molecule has 0 spiro atoms. The number of amides is 1. The predicted molar refractivity (Wildman–Crippen MR) is 188 cm³/mol. The molecule has 3 N–H and O–H groups in total. The summed E-state index contributed by atoms with van der Waals surface area (Å²) >= 11 is 0. The minimum Gasteiger partial charge on any atom is -0.387 e. The van der Waals surface area contributed by atoms with E-state index in [2.05, 4.69) is 104 Å². The third kappa shape index (κ3) is 30.7. The Kier molecular flexibility index (Phi) is 28.4. The normalized spacial score (nSPS) is 14.7. The highest BCUT2D eigenvalue weighted by atomic mass is 32.2. The molecule has 0 rings (SSSR count). The van der Waals surface area contributed by atoms with Crippen molar-refractivity contribution in [3.63, 3.8) is 0 Å². The number of nitrogens with one attached hydrogen (secondary N) is 1. The summed E-state index contributed by atoms with van der Waals surface area (Å²) in [6.45, 7) is 4.25. The second-order valence-corrected chi connectivity index (χ2v) is 12.2. The molecule has 0 saturated heterocycles. The molecule has 0 aliphatic rings. The minimum absolute atomic E-state index is 0.238. The van der Waals surface area contributed by atoms with E-state index in [-0.39, 0.29) is 12.3 Å². The molecule has 0 saturated carbocycles.